The summed E-state index contributed by atoms with van der Waals surface area (Å²) in [6, 6.07) is 7.78. The molecule has 1 heterocycles. The average Bonchev–Trinajstić information content (AvgIpc) is 2.34. The Kier molecular flexibility index (Phi) is 4.50. The zero-order valence-electron chi connectivity index (χ0n) is 9.27. The van der Waals surface area contributed by atoms with Gasteiger partial charge in [0, 0.05) is 10.7 Å². The maximum atomic E-state index is 12.2. The average molecular weight is 427 g/mol. The molecule has 0 saturated heterocycles. The van der Waals surface area contributed by atoms with Crippen LogP contribution >= 0.6 is 43.5 Å². The van der Waals surface area contributed by atoms with Gasteiger partial charge in [0.2, 0.25) is 0 Å². The van der Waals surface area contributed by atoms with E-state index in [1.54, 1.807) is 12.1 Å². The first-order chi connectivity index (χ1) is 8.88. The highest BCUT2D eigenvalue weighted by atomic mass is 79.9. The molecule has 2 aromatic rings. The van der Waals surface area contributed by atoms with Crippen molar-refractivity contribution < 1.29 is 8.42 Å². The van der Waals surface area contributed by atoms with Gasteiger partial charge in [-0.2, -0.15) is 0 Å². The first-order valence-electron chi connectivity index (χ1n) is 4.98. The Hall–Kier alpha value is -0.630. The summed E-state index contributed by atoms with van der Waals surface area (Å²) in [5.41, 5.74) is 0.287. The lowest BCUT2D eigenvalue weighted by Gasteiger charge is -2.09. The SMILES string of the molecule is O=S(=O)(Nc1cc(Cl)cnc1Br)c1ccc(Br)cc1. The highest BCUT2D eigenvalue weighted by Crippen LogP contribution is 2.26. The van der Waals surface area contributed by atoms with Crippen LogP contribution in [0.4, 0.5) is 5.69 Å². The van der Waals surface area contributed by atoms with Crippen molar-refractivity contribution in [3.8, 4) is 0 Å². The fourth-order valence-electron chi connectivity index (χ4n) is 1.31. The predicted octanol–water partition coefficient (Wildman–Crippen LogP) is 4.06. The molecule has 0 bridgehead atoms. The van der Waals surface area contributed by atoms with Crippen molar-refractivity contribution in [1.29, 1.82) is 0 Å². The van der Waals surface area contributed by atoms with E-state index in [0.717, 1.165) is 4.47 Å². The minimum absolute atomic E-state index is 0.155. The number of benzene rings is 1. The Morgan fingerprint density at radius 1 is 1.16 bits per heavy atom. The molecular weight excluding hydrogens is 419 g/mol. The van der Waals surface area contributed by atoms with Crippen LogP contribution in [0.15, 0.2) is 50.5 Å². The summed E-state index contributed by atoms with van der Waals surface area (Å²) in [6.07, 6.45) is 1.42. The summed E-state index contributed by atoms with van der Waals surface area (Å²) in [5.74, 6) is 0. The van der Waals surface area contributed by atoms with E-state index in [1.807, 2.05) is 0 Å². The van der Waals surface area contributed by atoms with Crippen LogP contribution in [-0.4, -0.2) is 13.4 Å². The highest BCUT2D eigenvalue weighted by Gasteiger charge is 2.16. The van der Waals surface area contributed by atoms with Gasteiger partial charge in [-0.1, -0.05) is 27.5 Å². The first-order valence-corrected chi connectivity index (χ1v) is 8.42. The van der Waals surface area contributed by atoms with E-state index in [0.29, 0.717) is 9.63 Å². The molecule has 0 radical (unpaired) electrons. The molecule has 19 heavy (non-hydrogen) atoms. The number of aromatic nitrogens is 1. The predicted molar refractivity (Wildman–Crippen MR) is 81.9 cm³/mol. The zero-order valence-corrected chi connectivity index (χ0v) is 14.0. The van der Waals surface area contributed by atoms with Gasteiger partial charge in [0.15, 0.2) is 0 Å². The van der Waals surface area contributed by atoms with Crippen molar-refractivity contribution in [2.75, 3.05) is 4.72 Å². The summed E-state index contributed by atoms with van der Waals surface area (Å²) in [5, 5.41) is 0.344. The van der Waals surface area contributed by atoms with Crippen molar-refractivity contribution in [3.63, 3.8) is 0 Å². The Balaban J connectivity index is 2.36. The van der Waals surface area contributed by atoms with Gasteiger partial charge >= 0.3 is 0 Å². The lowest BCUT2D eigenvalue weighted by molar-refractivity contribution is 0.601. The third kappa shape index (κ3) is 3.68. The first kappa shape index (κ1) is 14.8. The number of nitrogens with one attached hydrogen (secondary N) is 1. The second kappa shape index (κ2) is 5.78. The molecule has 0 atom stereocenters. The molecule has 0 aliphatic rings. The van der Waals surface area contributed by atoms with Crippen LogP contribution in [0.5, 0.6) is 0 Å². The number of halogens is 3. The van der Waals surface area contributed by atoms with Crippen LogP contribution in [0.3, 0.4) is 0 Å². The van der Waals surface area contributed by atoms with E-state index < -0.39 is 10.0 Å². The van der Waals surface area contributed by atoms with Gasteiger partial charge in [-0.3, -0.25) is 4.72 Å². The number of pyridine rings is 1. The standard InChI is InChI=1S/C11H7Br2ClN2O2S/c12-7-1-3-9(4-2-7)19(17,18)16-10-5-8(14)6-15-11(10)13/h1-6,16H. The molecule has 2 rings (SSSR count). The Morgan fingerprint density at radius 2 is 1.79 bits per heavy atom. The monoisotopic (exact) mass is 424 g/mol. The molecule has 0 unspecified atom stereocenters. The molecule has 0 amide bonds. The second-order valence-corrected chi connectivity index (χ2v) is 7.34. The van der Waals surface area contributed by atoms with E-state index in [1.165, 1.54) is 24.4 Å². The molecule has 100 valence electrons. The molecule has 1 N–H and O–H groups in total. The van der Waals surface area contributed by atoms with Crippen LogP contribution in [0, 0.1) is 0 Å². The maximum Gasteiger partial charge on any atom is 0.261 e. The van der Waals surface area contributed by atoms with Gasteiger partial charge in [-0.25, -0.2) is 13.4 Å². The molecule has 1 aromatic carbocycles. The second-order valence-electron chi connectivity index (χ2n) is 3.55. The number of anilines is 1. The van der Waals surface area contributed by atoms with Crippen molar-refractivity contribution in [3.05, 3.63) is 50.6 Å². The van der Waals surface area contributed by atoms with Gasteiger partial charge in [0.1, 0.15) is 4.60 Å². The molecule has 0 spiro atoms. The van der Waals surface area contributed by atoms with Crippen molar-refractivity contribution in [1.82, 2.24) is 4.98 Å². The lowest BCUT2D eigenvalue weighted by Crippen LogP contribution is -2.13. The van der Waals surface area contributed by atoms with Gasteiger partial charge < -0.3 is 0 Å². The number of hydrogen-bond acceptors (Lipinski definition) is 3. The maximum absolute atomic E-state index is 12.2. The number of nitrogens with zero attached hydrogens (tertiary/aromatic N) is 1. The van der Waals surface area contributed by atoms with Gasteiger partial charge in [0.05, 0.1) is 15.6 Å². The van der Waals surface area contributed by atoms with E-state index in [4.69, 9.17) is 11.6 Å². The zero-order chi connectivity index (χ0) is 14.0. The Bertz CT molecular complexity index is 705. The van der Waals surface area contributed by atoms with Crippen LogP contribution < -0.4 is 4.72 Å². The summed E-state index contributed by atoms with van der Waals surface area (Å²) >= 11 is 12.2. The van der Waals surface area contributed by atoms with Crippen molar-refractivity contribution >= 4 is 59.2 Å². The molecule has 4 nitrogen and oxygen atoms in total. The van der Waals surface area contributed by atoms with Crippen molar-refractivity contribution in [2.45, 2.75) is 4.90 Å². The molecule has 0 aliphatic carbocycles. The van der Waals surface area contributed by atoms with Crippen LogP contribution in [0.1, 0.15) is 0 Å². The van der Waals surface area contributed by atoms with Gasteiger partial charge in [-0.15, -0.1) is 0 Å². The number of sulfonamides is 1. The summed E-state index contributed by atoms with van der Waals surface area (Å²) in [4.78, 5) is 4.08. The van der Waals surface area contributed by atoms with E-state index in [2.05, 4.69) is 41.6 Å². The largest absolute Gasteiger partial charge is 0.277 e. The normalized spacial score (nSPS) is 11.3. The van der Waals surface area contributed by atoms with Crippen molar-refractivity contribution in [2.24, 2.45) is 0 Å². The van der Waals surface area contributed by atoms with Gasteiger partial charge in [-0.05, 0) is 46.3 Å². The topological polar surface area (TPSA) is 59.1 Å². The molecular formula is C11H7Br2ClN2O2S. The van der Waals surface area contributed by atoms with Crippen LogP contribution in [-0.2, 0) is 10.0 Å². The van der Waals surface area contributed by atoms with E-state index in [9.17, 15) is 8.42 Å². The third-order valence-electron chi connectivity index (χ3n) is 2.17. The molecule has 1 aromatic heterocycles. The smallest absolute Gasteiger partial charge is 0.261 e. The fourth-order valence-corrected chi connectivity index (χ4v) is 3.24. The number of rotatable bonds is 3. The fraction of sp³-hybridized carbons (Fsp3) is 0. The van der Waals surface area contributed by atoms with E-state index in [-0.39, 0.29) is 10.6 Å². The molecule has 0 aliphatic heterocycles. The number of hydrogen-bond donors (Lipinski definition) is 1. The highest BCUT2D eigenvalue weighted by molar-refractivity contribution is 9.10. The Labute approximate surface area is 132 Å². The minimum Gasteiger partial charge on any atom is -0.277 e. The molecule has 0 fully saturated rings. The lowest BCUT2D eigenvalue weighted by atomic mass is 10.4. The molecule has 8 heteroatoms. The Morgan fingerprint density at radius 3 is 2.42 bits per heavy atom. The van der Waals surface area contributed by atoms with E-state index >= 15 is 0 Å². The third-order valence-corrected chi connectivity index (χ3v) is 4.92. The minimum atomic E-state index is -3.67. The summed E-state index contributed by atoms with van der Waals surface area (Å²) in [6.45, 7) is 0. The van der Waals surface area contributed by atoms with Crippen LogP contribution in [0.25, 0.3) is 0 Å². The molecule has 0 saturated carbocycles. The van der Waals surface area contributed by atoms with Gasteiger partial charge in [0.25, 0.3) is 10.0 Å². The summed E-state index contributed by atoms with van der Waals surface area (Å²) in [7, 11) is -3.67. The van der Waals surface area contributed by atoms with Crippen LogP contribution in [0.2, 0.25) is 5.02 Å². The quantitative estimate of drug-likeness (QED) is 0.753. The summed E-state index contributed by atoms with van der Waals surface area (Å²) < 4.78 is 27.9.